The molecular weight excluding hydrogens is 464 g/mol. The predicted molar refractivity (Wildman–Crippen MR) is 142 cm³/mol. The van der Waals surface area contributed by atoms with Gasteiger partial charge in [-0.05, 0) is 6.42 Å². The van der Waals surface area contributed by atoms with Crippen LogP contribution in [0.25, 0.3) is 0 Å². The summed E-state index contributed by atoms with van der Waals surface area (Å²) >= 11 is 0. The number of aliphatic carboxylic acids is 1. The summed E-state index contributed by atoms with van der Waals surface area (Å²) < 4.78 is 33.3. The maximum Gasteiger partial charge on any atom is 0.370 e. The van der Waals surface area contributed by atoms with Crippen LogP contribution in [0.4, 0.5) is 0 Å². The molecule has 0 saturated carbocycles. The zero-order chi connectivity index (χ0) is 27.3. The Balaban J connectivity index is 4.49. The van der Waals surface area contributed by atoms with Crippen molar-refractivity contribution in [1.82, 2.24) is 0 Å². The number of hydrogen-bond acceptors (Lipinski definition) is 7. The van der Waals surface area contributed by atoms with Crippen LogP contribution in [-0.2, 0) is 33.2 Å². The van der Waals surface area contributed by atoms with Crippen LogP contribution in [0.2, 0.25) is 0 Å². The second-order valence-corrected chi connectivity index (χ2v) is 9.57. The Morgan fingerprint density at radius 3 is 1.11 bits per heavy atom. The Hall–Kier alpha value is -0.770. The third-order valence-corrected chi connectivity index (χ3v) is 7.39. The summed E-state index contributed by atoms with van der Waals surface area (Å²) in [6.45, 7) is 2.26. The number of carboxylic acid groups (broad SMARTS) is 1. The van der Waals surface area contributed by atoms with Gasteiger partial charge in [-0.25, -0.2) is 4.79 Å². The summed E-state index contributed by atoms with van der Waals surface area (Å²) in [7, 11) is 7.94. The minimum atomic E-state index is -2.31. The quantitative estimate of drug-likeness (QED) is 0.0996. The first kappa shape index (κ1) is 35.2. The fourth-order valence-corrected chi connectivity index (χ4v) is 5.21. The fraction of sp³-hybridized carbons (Fsp3) is 0.964. The Bertz CT molecular complexity index is 528. The van der Waals surface area contributed by atoms with Crippen molar-refractivity contribution in [2.24, 2.45) is 0 Å². The second kappa shape index (κ2) is 20.2. The standard InChI is InChI=1S/C28H56O8/c1-8-9-10-11-12-13-14-15-16-17-18-19-20-21-22-23-24-26(31-2,32-3)28(35-6,36-7)27(33-4,34-5)25(29)30/h8-24H2,1-7H3,(H,29,30). The third kappa shape index (κ3) is 9.52. The number of unbranched alkanes of at least 4 members (excludes halogenated alkanes) is 15. The molecule has 0 bridgehead atoms. The molecule has 0 spiro atoms. The van der Waals surface area contributed by atoms with Crippen LogP contribution in [0.15, 0.2) is 0 Å². The molecule has 0 aromatic carbocycles. The molecule has 216 valence electrons. The lowest BCUT2D eigenvalue weighted by Gasteiger charge is -2.51. The molecule has 0 aromatic rings. The molecule has 0 saturated heterocycles. The van der Waals surface area contributed by atoms with Crippen LogP contribution in [0.1, 0.15) is 116 Å². The topological polar surface area (TPSA) is 92.7 Å². The summed E-state index contributed by atoms with van der Waals surface area (Å²) in [5.74, 6) is -7.32. The van der Waals surface area contributed by atoms with Crippen molar-refractivity contribution in [1.29, 1.82) is 0 Å². The molecule has 0 heterocycles. The summed E-state index contributed by atoms with van der Waals surface area (Å²) in [6, 6.07) is 0. The number of rotatable bonds is 26. The largest absolute Gasteiger partial charge is 0.477 e. The van der Waals surface area contributed by atoms with Crippen molar-refractivity contribution in [2.45, 2.75) is 133 Å². The first-order chi connectivity index (χ1) is 17.4. The molecule has 0 aliphatic rings. The Kier molecular flexibility index (Phi) is 19.8. The average molecular weight is 521 g/mol. The third-order valence-electron chi connectivity index (χ3n) is 7.39. The van der Waals surface area contributed by atoms with Crippen LogP contribution in [-0.4, -0.2) is 71.1 Å². The van der Waals surface area contributed by atoms with Crippen molar-refractivity contribution in [3.63, 3.8) is 0 Å². The van der Waals surface area contributed by atoms with Gasteiger partial charge in [0.25, 0.3) is 5.79 Å². The molecule has 36 heavy (non-hydrogen) atoms. The van der Waals surface area contributed by atoms with Gasteiger partial charge in [0.2, 0.25) is 5.79 Å². The first-order valence-corrected chi connectivity index (χ1v) is 13.9. The SMILES string of the molecule is CCCCCCCCCCCCCCCCCCC(OC)(OC)C(OC)(OC)C(OC)(OC)C(=O)O. The van der Waals surface area contributed by atoms with E-state index < -0.39 is 23.3 Å². The molecule has 0 unspecified atom stereocenters. The number of ether oxygens (including phenoxy) is 6. The first-order valence-electron chi connectivity index (χ1n) is 13.9. The van der Waals surface area contributed by atoms with Gasteiger partial charge in [-0.1, -0.05) is 103 Å². The van der Waals surface area contributed by atoms with Crippen LogP contribution in [0.5, 0.6) is 0 Å². The van der Waals surface area contributed by atoms with Crippen molar-refractivity contribution in [2.75, 3.05) is 42.7 Å². The molecule has 0 aliphatic carbocycles. The molecule has 0 radical (unpaired) electrons. The monoisotopic (exact) mass is 520 g/mol. The van der Waals surface area contributed by atoms with Crippen molar-refractivity contribution < 1.29 is 38.3 Å². The van der Waals surface area contributed by atoms with Gasteiger partial charge in [0, 0.05) is 49.1 Å². The fourth-order valence-electron chi connectivity index (χ4n) is 5.21. The van der Waals surface area contributed by atoms with Gasteiger partial charge in [-0.15, -0.1) is 0 Å². The maximum atomic E-state index is 12.2. The Morgan fingerprint density at radius 1 is 0.528 bits per heavy atom. The van der Waals surface area contributed by atoms with E-state index >= 15 is 0 Å². The summed E-state index contributed by atoms with van der Waals surface area (Å²) in [5.41, 5.74) is 0. The molecule has 8 heteroatoms. The summed E-state index contributed by atoms with van der Waals surface area (Å²) in [4.78, 5) is 12.2. The molecule has 0 amide bonds. The van der Waals surface area contributed by atoms with Crippen molar-refractivity contribution >= 4 is 5.97 Å². The predicted octanol–water partition coefficient (Wildman–Crippen LogP) is 6.69. The normalized spacial score (nSPS) is 12.9. The number of hydrogen-bond donors (Lipinski definition) is 1. The highest BCUT2D eigenvalue weighted by Crippen LogP contribution is 2.45. The van der Waals surface area contributed by atoms with Gasteiger partial charge in [-0.2, -0.15) is 0 Å². The Morgan fingerprint density at radius 2 is 0.861 bits per heavy atom. The molecule has 0 aromatic heterocycles. The summed E-state index contributed by atoms with van der Waals surface area (Å²) in [5, 5.41) is 9.97. The van der Waals surface area contributed by atoms with Gasteiger partial charge in [0.15, 0.2) is 0 Å². The van der Waals surface area contributed by atoms with Crippen LogP contribution < -0.4 is 0 Å². The second-order valence-electron chi connectivity index (χ2n) is 9.57. The van der Waals surface area contributed by atoms with E-state index in [2.05, 4.69) is 6.92 Å². The number of carboxylic acids is 1. The van der Waals surface area contributed by atoms with E-state index in [4.69, 9.17) is 28.4 Å². The van der Waals surface area contributed by atoms with Crippen LogP contribution >= 0.6 is 0 Å². The summed E-state index contributed by atoms with van der Waals surface area (Å²) in [6.07, 6.45) is 20.5. The number of methoxy groups -OCH3 is 6. The molecule has 0 fully saturated rings. The van der Waals surface area contributed by atoms with Gasteiger partial charge < -0.3 is 33.5 Å². The van der Waals surface area contributed by atoms with E-state index in [1.165, 1.54) is 126 Å². The van der Waals surface area contributed by atoms with Gasteiger partial charge in [-0.3, -0.25) is 0 Å². The van der Waals surface area contributed by atoms with E-state index in [0.717, 1.165) is 19.3 Å². The zero-order valence-corrected chi connectivity index (χ0v) is 24.3. The molecule has 8 nitrogen and oxygen atoms in total. The molecule has 1 N–H and O–H groups in total. The minimum Gasteiger partial charge on any atom is -0.477 e. The zero-order valence-electron chi connectivity index (χ0n) is 24.3. The van der Waals surface area contributed by atoms with Gasteiger partial charge in [0.05, 0.1) is 0 Å². The van der Waals surface area contributed by atoms with E-state index in [9.17, 15) is 9.90 Å². The van der Waals surface area contributed by atoms with Crippen LogP contribution in [0.3, 0.4) is 0 Å². The lowest BCUT2D eigenvalue weighted by Crippen LogP contribution is -2.75. The van der Waals surface area contributed by atoms with Crippen LogP contribution in [0, 0.1) is 0 Å². The van der Waals surface area contributed by atoms with Crippen molar-refractivity contribution in [3.05, 3.63) is 0 Å². The lowest BCUT2D eigenvalue weighted by atomic mass is 9.89. The molecule has 0 rings (SSSR count). The molecule has 0 aliphatic heterocycles. The molecule has 0 atom stereocenters. The van der Waals surface area contributed by atoms with E-state index in [0.29, 0.717) is 6.42 Å². The van der Waals surface area contributed by atoms with Gasteiger partial charge in [0.1, 0.15) is 0 Å². The highest BCUT2D eigenvalue weighted by Gasteiger charge is 2.72. The molecular formula is C28H56O8. The van der Waals surface area contributed by atoms with E-state index in [-0.39, 0.29) is 0 Å². The maximum absolute atomic E-state index is 12.2. The van der Waals surface area contributed by atoms with E-state index in [1.807, 2.05) is 0 Å². The highest BCUT2D eigenvalue weighted by molar-refractivity contribution is 5.77. The highest BCUT2D eigenvalue weighted by atomic mass is 16.8. The van der Waals surface area contributed by atoms with Gasteiger partial charge >= 0.3 is 11.8 Å². The van der Waals surface area contributed by atoms with E-state index in [1.54, 1.807) is 0 Å². The lowest BCUT2D eigenvalue weighted by molar-refractivity contribution is -0.467. The number of carbonyl (C=O) groups is 1. The Labute approximate surface area is 220 Å². The minimum absolute atomic E-state index is 0.335. The average Bonchev–Trinajstić information content (AvgIpc) is 2.89. The smallest absolute Gasteiger partial charge is 0.370 e. The van der Waals surface area contributed by atoms with Crippen molar-refractivity contribution in [3.8, 4) is 0 Å².